The second kappa shape index (κ2) is 6.89. The van der Waals surface area contributed by atoms with Crippen LogP contribution < -0.4 is 0 Å². The van der Waals surface area contributed by atoms with Crippen LogP contribution in [-0.2, 0) is 23.0 Å². The average molecular weight is 382 g/mol. The Bertz CT molecular complexity index is 1060. The van der Waals surface area contributed by atoms with E-state index < -0.39 is 15.6 Å². The van der Waals surface area contributed by atoms with Gasteiger partial charge in [0.15, 0.2) is 0 Å². The Balaban J connectivity index is 0.000000211. The number of benzene rings is 3. The highest BCUT2D eigenvalue weighted by atomic mass is 32.2. The van der Waals surface area contributed by atoms with Crippen LogP contribution >= 0.6 is 0 Å². The fourth-order valence-electron chi connectivity index (χ4n) is 3.34. The lowest BCUT2D eigenvalue weighted by Gasteiger charge is -2.18. The third kappa shape index (κ3) is 3.68. The lowest BCUT2D eigenvalue weighted by molar-refractivity contribution is -0.0510. The Labute approximate surface area is 149 Å². The zero-order chi connectivity index (χ0) is 18.9. The second-order valence-corrected chi connectivity index (χ2v) is 7.63. The number of rotatable bonds is 0. The molecule has 3 aromatic rings. The van der Waals surface area contributed by atoms with E-state index in [1.54, 1.807) is 11.1 Å². The van der Waals surface area contributed by atoms with Crippen LogP contribution in [0.25, 0.3) is 21.5 Å². The number of hydrogen-bond acceptors (Lipinski definition) is 2. The number of fused-ring (bicyclic) bond motifs is 5. The third-order valence-electron chi connectivity index (χ3n) is 4.55. The summed E-state index contributed by atoms with van der Waals surface area (Å²) in [4.78, 5) is 0. The molecule has 0 unspecified atom stereocenters. The maximum absolute atomic E-state index is 10.7. The van der Waals surface area contributed by atoms with Gasteiger partial charge in [-0.2, -0.15) is 21.6 Å². The summed E-state index contributed by atoms with van der Waals surface area (Å²) in [5.41, 5.74) is -2.36. The highest BCUT2D eigenvalue weighted by Gasteiger charge is 2.44. The van der Waals surface area contributed by atoms with Crippen LogP contribution in [0, 0.1) is 0 Å². The molecular formula is C19H17F3O3S. The Kier molecular flexibility index (Phi) is 4.94. The van der Waals surface area contributed by atoms with Gasteiger partial charge in [-0.15, -0.1) is 0 Å². The van der Waals surface area contributed by atoms with Gasteiger partial charge in [0.05, 0.1) is 0 Å². The molecule has 26 heavy (non-hydrogen) atoms. The quantitative estimate of drug-likeness (QED) is 0.328. The van der Waals surface area contributed by atoms with Crippen molar-refractivity contribution < 1.29 is 26.1 Å². The Morgan fingerprint density at radius 3 is 2.12 bits per heavy atom. The minimum absolute atomic E-state index is 1.25. The van der Waals surface area contributed by atoms with Crippen molar-refractivity contribution >= 4 is 31.7 Å². The van der Waals surface area contributed by atoms with Crippen molar-refractivity contribution in [2.75, 3.05) is 0 Å². The van der Waals surface area contributed by atoms with Gasteiger partial charge >= 0.3 is 15.6 Å². The van der Waals surface area contributed by atoms with Gasteiger partial charge in [-0.3, -0.25) is 4.55 Å². The molecule has 0 atom stereocenters. The summed E-state index contributed by atoms with van der Waals surface area (Å²) in [7, 11) is -5.84. The number of aryl methyl sites for hydroxylation is 2. The molecule has 138 valence electrons. The van der Waals surface area contributed by atoms with Crippen molar-refractivity contribution in [1.29, 1.82) is 0 Å². The van der Waals surface area contributed by atoms with Gasteiger partial charge in [-0.05, 0) is 58.4 Å². The van der Waals surface area contributed by atoms with Crippen molar-refractivity contribution in [3.8, 4) is 0 Å². The average Bonchev–Trinajstić information content (AvgIpc) is 2.60. The summed E-state index contributed by atoms with van der Waals surface area (Å²) in [6.07, 6.45) is 5.22. The fourth-order valence-corrected chi connectivity index (χ4v) is 3.34. The summed E-state index contributed by atoms with van der Waals surface area (Å²) in [6, 6.07) is 18.0. The van der Waals surface area contributed by atoms with Gasteiger partial charge in [0.2, 0.25) is 0 Å². The van der Waals surface area contributed by atoms with E-state index in [0.29, 0.717) is 0 Å². The van der Waals surface area contributed by atoms with Crippen molar-refractivity contribution in [2.45, 2.75) is 31.2 Å². The summed E-state index contributed by atoms with van der Waals surface area (Å²) in [5.74, 6) is 0. The van der Waals surface area contributed by atoms with E-state index in [1.807, 2.05) is 0 Å². The molecule has 0 spiro atoms. The van der Waals surface area contributed by atoms with Crippen molar-refractivity contribution in [3.63, 3.8) is 0 Å². The summed E-state index contributed by atoms with van der Waals surface area (Å²) < 4.78 is 57.5. The monoisotopic (exact) mass is 382 g/mol. The minimum atomic E-state index is -5.84. The number of halogens is 3. The van der Waals surface area contributed by atoms with E-state index in [1.165, 1.54) is 47.2 Å². The predicted molar refractivity (Wildman–Crippen MR) is 95.7 cm³/mol. The van der Waals surface area contributed by atoms with Gasteiger partial charge in [-0.25, -0.2) is 0 Å². The molecule has 1 aliphatic carbocycles. The molecule has 4 rings (SSSR count). The molecular weight excluding hydrogens is 365 g/mol. The van der Waals surface area contributed by atoms with Crippen LogP contribution in [0.15, 0.2) is 48.5 Å². The lowest BCUT2D eigenvalue weighted by atomic mass is 9.86. The molecule has 7 heteroatoms. The van der Waals surface area contributed by atoms with Gasteiger partial charge in [0, 0.05) is 0 Å². The Morgan fingerprint density at radius 2 is 1.42 bits per heavy atom. The van der Waals surface area contributed by atoms with Crippen LogP contribution in [0.3, 0.4) is 0 Å². The lowest BCUT2D eigenvalue weighted by Crippen LogP contribution is -2.21. The molecule has 0 amide bonds. The van der Waals surface area contributed by atoms with Gasteiger partial charge < -0.3 is 0 Å². The molecule has 0 heterocycles. The molecule has 3 nitrogen and oxygen atoms in total. The molecule has 0 aliphatic heterocycles. The van der Waals surface area contributed by atoms with Crippen LogP contribution in [-0.4, -0.2) is 18.5 Å². The van der Waals surface area contributed by atoms with E-state index in [0.717, 1.165) is 0 Å². The van der Waals surface area contributed by atoms with Crippen LogP contribution in [0.1, 0.15) is 24.0 Å². The molecule has 0 fully saturated rings. The predicted octanol–water partition coefficient (Wildman–Crippen LogP) is 5.27. The second-order valence-electron chi connectivity index (χ2n) is 6.21. The number of alkyl halides is 3. The fraction of sp³-hybridized carbons (Fsp3) is 0.263. The van der Waals surface area contributed by atoms with E-state index in [-0.39, 0.29) is 0 Å². The zero-order valence-electron chi connectivity index (χ0n) is 13.8. The zero-order valence-corrected chi connectivity index (χ0v) is 14.6. The molecule has 1 aliphatic rings. The highest BCUT2D eigenvalue weighted by Crippen LogP contribution is 2.33. The molecule has 0 saturated heterocycles. The first kappa shape index (κ1) is 18.7. The maximum atomic E-state index is 10.7. The standard InChI is InChI=1S/C18H16.CHF3O3S/c1-3-7-15-13(5-1)9-11-18-16-8-4-2-6-14(16)10-12-17(15)18;2-1(3,4)8(5,6)7/h1,3,5,7,9-12H,2,4,6,8H2;(H,5,6,7). The van der Waals surface area contributed by atoms with Crippen LogP contribution in [0.5, 0.6) is 0 Å². The Hall–Kier alpha value is -2.12. The third-order valence-corrected chi connectivity index (χ3v) is 5.13. The molecule has 0 bridgehead atoms. The largest absolute Gasteiger partial charge is 0.522 e. The van der Waals surface area contributed by atoms with Gasteiger partial charge in [-0.1, -0.05) is 48.5 Å². The highest BCUT2D eigenvalue weighted by molar-refractivity contribution is 7.86. The van der Waals surface area contributed by atoms with E-state index >= 15 is 0 Å². The molecule has 0 radical (unpaired) electrons. The van der Waals surface area contributed by atoms with Crippen LogP contribution in [0.2, 0.25) is 0 Å². The van der Waals surface area contributed by atoms with Crippen molar-refractivity contribution in [2.24, 2.45) is 0 Å². The smallest absolute Gasteiger partial charge is 0.279 e. The first-order chi connectivity index (χ1) is 12.2. The van der Waals surface area contributed by atoms with Crippen LogP contribution in [0.4, 0.5) is 13.2 Å². The number of hydrogen-bond donors (Lipinski definition) is 1. The molecule has 1 N–H and O–H groups in total. The summed E-state index contributed by atoms with van der Waals surface area (Å²) in [5, 5.41) is 5.64. The topological polar surface area (TPSA) is 54.4 Å². The van der Waals surface area contributed by atoms with E-state index in [9.17, 15) is 13.2 Å². The van der Waals surface area contributed by atoms with Gasteiger partial charge in [0.25, 0.3) is 0 Å². The summed E-state index contributed by atoms with van der Waals surface area (Å²) >= 11 is 0. The van der Waals surface area contributed by atoms with Crippen molar-refractivity contribution in [1.82, 2.24) is 0 Å². The normalized spacial score (nSPS) is 14.6. The Morgan fingerprint density at radius 1 is 0.808 bits per heavy atom. The molecule has 0 saturated carbocycles. The van der Waals surface area contributed by atoms with E-state index in [4.69, 9.17) is 13.0 Å². The SMILES string of the molecule is O=S(=O)(O)C(F)(F)F.c1ccc2c(c1)ccc1c3c(ccc12)CCCC3. The first-order valence-electron chi connectivity index (χ1n) is 8.14. The first-order valence-corrected chi connectivity index (χ1v) is 9.58. The minimum Gasteiger partial charge on any atom is -0.279 e. The molecule has 3 aromatic carbocycles. The van der Waals surface area contributed by atoms with Gasteiger partial charge in [0.1, 0.15) is 0 Å². The summed E-state index contributed by atoms with van der Waals surface area (Å²) in [6.45, 7) is 0. The molecule has 0 aromatic heterocycles. The van der Waals surface area contributed by atoms with E-state index in [2.05, 4.69) is 48.5 Å². The maximum Gasteiger partial charge on any atom is 0.522 e. The van der Waals surface area contributed by atoms with Crippen molar-refractivity contribution in [3.05, 3.63) is 59.7 Å².